The molecule has 1 aromatic carbocycles. The zero-order valence-electron chi connectivity index (χ0n) is 15.7. The van der Waals surface area contributed by atoms with Gasteiger partial charge < -0.3 is 15.2 Å². The Hall–Kier alpha value is -3.17. The summed E-state index contributed by atoms with van der Waals surface area (Å²) in [7, 11) is 1.48. The minimum atomic E-state index is -0.578. The fraction of sp³-hybridized carbons (Fsp3) is 0.158. The van der Waals surface area contributed by atoms with Crippen LogP contribution in [0, 0.1) is 5.82 Å². The van der Waals surface area contributed by atoms with Crippen LogP contribution in [0.15, 0.2) is 36.5 Å². The molecule has 2 aromatic heterocycles. The molecule has 1 amide bonds. The van der Waals surface area contributed by atoms with E-state index < -0.39 is 5.82 Å². The van der Waals surface area contributed by atoms with E-state index in [4.69, 9.17) is 38.4 Å². The number of nitrogens with two attached hydrogens (primary N) is 1. The van der Waals surface area contributed by atoms with Crippen LogP contribution in [0.4, 0.5) is 21.7 Å². The molecule has 0 bridgehead atoms. The maximum atomic E-state index is 13.7. The number of nitrogens with zero attached hydrogens (tertiary/aromatic N) is 4. The number of rotatable bonds is 8. The average molecular weight is 452 g/mol. The van der Waals surface area contributed by atoms with Crippen molar-refractivity contribution in [3.63, 3.8) is 0 Å². The highest BCUT2D eigenvalue weighted by Crippen LogP contribution is 2.32. The van der Waals surface area contributed by atoms with Crippen LogP contribution in [0.2, 0.25) is 10.0 Å². The fourth-order valence-corrected chi connectivity index (χ4v) is 3.14. The first-order valence-electron chi connectivity index (χ1n) is 8.57. The van der Waals surface area contributed by atoms with Gasteiger partial charge in [-0.25, -0.2) is 9.37 Å². The van der Waals surface area contributed by atoms with Crippen molar-refractivity contribution in [3.8, 4) is 11.6 Å². The summed E-state index contributed by atoms with van der Waals surface area (Å²) in [4.78, 5) is 17.0. The summed E-state index contributed by atoms with van der Waals surface area (Å²) in [5.74, 6) is 0.185. The Balaban J connectivity index is 1.84. The molecule has 0 saturated carbocycles. The molecule has 0 fully saturated rings. The largest absolute Gasteiger partial charge is 0.489 e. The zero-order valence-corrected chi connectivity index (χ0v) is 17.2. The molecule has 2 heterocycles. The van der Waals surface area contributed by atoms with Crippen LogP contribution < -0.4 is 20.1 Å². The molecule has 156 valence electrons. The standard InChI is InChI=1S/C19H16Cl2FN5O3/c1-29-17-5-2-11(9-24-17)27(10-28)19-15(8-16(23)25-26-19)30-7-6-12-13(20)3-4-14(22)18(12)21/h2-5,8-10H,6-7H2,1H3,(H2,23,25). The highest BCUT2D eigenvalue weighted by Gasteiger charge is 2.19. The number of carbonyl (C=O) groups excluding carboxylic acids is 1. The van der Waals surface area contributed by atoms with E-state index in [-0.39, 0.29) is 35.4 Å². The first-order chi connectivity index (χ1) is 14.4. The Labute approximate surface area is 181 Å². The van der Waals surface area contributed by atoms with Gasteiger partial charge in [-0.1, -0.05) is 23.2 Å². The maximum Gasteiger partial charge on any atom is 0.220 e. The Morgan fingerprint density at radius 1 is 1.23 bits per heavy atom. The summed E-state index contributed by atoms with van der Waals surface area (Å²) in [6, 6.07) is 7.23. The van der Waals surface area contributed by atoms with Gasteiger partial charge in [-0.2, -0.15) is 0 Å². The van der Waals surface area contributed by atoms with E-state index in [2.05, 4.69) is 15.2 Å². The summed E-state index contributed by atoms with van der Waals surface area (Å²) < 4.78 is 24.5. The second-order valence-electron chi connectivity index (χ2n) is 5.91. The van der Waals surface area contributed by atoms with Crippen molar-refractivity contribution in [1.82, 2.24) is 15.2 Å². The summed E-state index contributed by atoms with van der Waals surface area (Å²) in [5, 5.41) is 8.00. The molecule has 0 aliphatic carbocycles. The SMILES string of the molecule is COc1ccc(N(C=O)c2nnc(N)cc2OCCc2c(Cl)ccc(F)c2Cl)cn1. The second kappa shape index (κ2) is 9.55. The van der Waals surface area contributed by atoms with Crippen LogP contribution >= 0.6 is 23.2 Å². The first-order valence-corrected chi connectivity index (χ1v) is 9.33. The third-order valence-electron chi connectivity index (χ3n) is 4.05. The summed E-state index contributed by atoms with van der Waals surface area (Å²) in [6.07, 6.45) is 2.18. The number of methoxy groups -OCH3 is 1. The zero-order chi connectivity index (χ0) is 21.7. The molecular weight excluding hydrogens is 436 g/mol. The maximum absolute atomic E-state index is 13.7. The Bertz CT molecular complexity index is 1050. The first kappa shape index (κ1) is 21.5. The van der Waals surface area contributed by atoms with Crippen molar-refractivity contribution in [2.24, 2.45) is 0 Å². The van der Waals surface area contributed by atoms with Crippen LogP contribution in [0.25, 0.3) is 0 Å². The molecule has 3 rings (SSSR count). The van der Waals surface area contributed by atoms with Crippen molar-refractivity contribution < 1.29 is 18.7 Å². The lowest BCUT2D eigenvalue weighted by molar-refractivity contribution is -0.106. The lowest BCUT2D eigenvalue weighted by Gasteiger charge is -2.19. The van der Waals surface area contributed by atoms with E-state index in [1.165, 1.54) is 36.4 Å². The second-order valence-corrected chi connectivity index (χ2v) is 6.70. The molecular formula is C19H16Cl2FN5O3. The topological polar surface area (TPSA) is 103 Å². The Morgan fingerprint density at radius 2 is 2.03 bits per heavy atom. The predicted octanol–water partition coefficient (Wildman–Crippen LogP) is 3.82. The van der Waals surface area contributed by atoms with Gasteiger partial charge in [-0.05, 0) is 23.8 Å². The number of hydrogen-bond donors (Lipinski definition) is 1. The van der Waals surface area contributed by atoms with Crippen LogP contribution in [0.5, 0.6) is 11.6 Å². The summed E-state index contributed by atoms with van der Waals surface area (Å²) in [6.45, 7) is 0.0641. The van der Waals surface area contributed by atoms with E-state index in [1.807, 2.05) is 0 Å². The van der Waals surface area contributed by atoms with E-state index in [0.717, 1.165) is 0 Å². The van der Waals surface area contributed by atoms with E-state index in [9.17, 15) is 9.18 Å². The van der Waals surface area contributed by atoms with Crippen molar-refractivity contribution in [3.05, 3.63) is 58.0 Å². The van der Waals surface area contributed by atoms with Gasteiger partial charge in [0.15, 0.2) is 5.75 Å². The van der Waals surface area contributed by atoms with Crippen LogP contribution in [0.3, 0.4) is 0 Å². The molecule has 0 radical (unpaired) electrons. The summed E-state index contributed by atoms with van der Waals surface area (Å²) >= 11 is 12.1. The number of pyridine rings is 1. The number of ether oxygens (including phenoxy) is 2. The normalized spacial score (nSPS) is 10.5. The minimum absolute atomic E-state index is 0.0641. The van der Waals surface area contributed by atoms with Gasteiger partial charge in [0.1, 0.15) is 11.6 Å². The number of anilines is 3. The molecule has 30 heavy (non-hydrogen) atoms. The third-order valence-corrected chi connectivity index (χ3v) is 4.81. The number of carbonyl (C=O) groups is 1. The van der Waals surface area contributed by atoms with Gasteiger partial charge in [0, 0.05) is 23.6 Å². The molecule has 0 aliphatic rings. The monoisotopic (exact) mass is 451 g/mol. The number of benzene rings is 1. The quantitative estimate of drug-likeness (QED) is 0.409. The lowest BCUT2D eigenvalue weighted by atomic mass is 10.1. The predicted molar refractivity (Wildman–Crippen MR) is 111 cm³/mol. The molecule has 11 heteroatoms. The molecule has 3 aromatic rings. The Kier molecular flexibility index (Phi) is 6.86. The Morgan fingerprint density at radius 3 is 2.70 bits per heavy atom. The molecule has 2 N–H and O–H groups in total. The lowest BCUT2D eigenvalue weighted by Crippen LogP contribution is -2.18. The van der Waals surface area contributed by atoms with Crippen molar-refractivity contribution in [2.75, 3.05) is 24.4 Å². The molecule has 0 atom stereocenters. The van der Waals surface area contributed by atoms with Gasteiger partial charge in [-0.15, -0.1) is 10.2 Å². The van der Waals surface area contributed by atoms with Crippen LogP contribution in [-0.2, 0) is 11.2 Å². The molecule has 0 aliphatic heterocycles. The molecule has 8 nitrogen and oxygen atoms in total. The van der Waals surface area contributed by atoms with Gasteiger partial charge in [0.05, 0.1) is 30.6 Å². The number of aromatic nitrogens is 3. The molecule has 0 spiro atoms. The van der Waals surface area contributed by atoms with Crippen molar-refractivity contribution >= 4 is 46.9 Å². The van der Waals surface area contributed by atoms with Gasteiger partial charge in [0.25, 0.3) is 0 Å². The smallest absolute Gasteiger partial charge is 0.220 e. The van der Waals surface area contributed by atoms with Gasteiger partial charge in [0.2, 0.25) is 18.1 Å². The number of nitrogen functional groups attached to an aromatic ring is 1. The summed E-state index contributed by atoms with van der Waals surface area (Å²) in [5.41, 5.74) is 6.53. The number of hydrogen-bond acceptors (Lipinski definition) is 7. The van der Waals surface area contributed by atoms with Crippen molar-refractivity contribution in [2.45, 2.75) is 6.42 Å². The third kappa shape index (κ3) is 4.69. The van der Waals surface area contributed by atoms with Crippen LogP contribution in [0.1, 0.15) is 5.56 Å². The molecule has 0 saturated heterocycles. The highest BCUT2D eigenvalue weighted by molar-refractivity contribution is 6.36. The van der Waals surface area contributed by atoms with E-state index in [0.29, 0.717) is 28.6 Å². The van der Waals surface area contributed by atoms with Crippen LogP contribution in [-0.4, -0.2) is 35.3 Å². The van der Waals surface area contributed by atoms with Crippen molar-refractivity contribution in [1.29, 1.82) is 0 Å². The average Bonchev–Trinajstić information content (AvgIpc) is 2.75. The fourth-order valence-electron chi connectivity index (χ4n) is 2.59. The van der Waals surface area contributed by atoms with Gasteiger partial charge >= 0.3 is 0 Å². The van der Waals surface area contributed by atoms with Gasteiger partial charge in [-0.3, -0.25) is 9.69 Å². The van der Waals surface area contributed by atoms with E-state index >= 15 is 0 Å². The molecule has 0 unspecified atom stereocenters. The van der Waals surface area contributed by atoms with E-state index in [1.54, 1.807) is 12.1 Å². The number of halogens is 3. The minimum Gasteiger partial charge on any atom is -0.489 e. The highest BCUT2D eigenvalue weighted by atomic mass is 35.5. The number of amides is 1.